The summed E-state index contributed by atoms with van der Waals surface area (Å²) in [6, 6.07) is 10.7. The Kier molecular flexibility index (Phi) is 5.85. The number of ether oxygens (including phenoxy) is 3. The molecule has 0 bridgehead atoms. The highest BCUT2D eigenvalue weighted by atomic mass is 35.5. The van der Waals surface area contributed by atoms with Gasteiger partial charge in [-0.2, -0.15) is 0 Å². The van der Waals surface area contributed by atoms with Gasteiger partial charge in [-0.25, -0.2) is 0 Å². The first kappa shape index (κ1) is 18.4. The Balaban J connectivity index is 1.95. The first-order valence-electron chi connectivity index (χ1n) is 8.29. The molecule has 6 nitrogen and oxygen atoms in total. The van der Waals surface area contributed by atoms with E-state index in [0.29, 0.717) is 54.1 Å². The summed E-state index contributed by atoms with van der Waals surface area (Å²) in [6.07, 6.45) is 0. The second kappa shape index (κ2) is 8.29. The number of carbonyl (C=O) groups excluding carboxylic acids is 1. The van der Waals surface area contributed by atoms with E-state index in [1.807, 2.05) is 12.1 Å². The molecule has 1 heterocycles. The standard InChI is InChI=1S/C19H21ClN2O4/c1-24-15-7-4-8-16(25-2)17(15)19(23)21-14-6-3-5-13(20)18(14)22-9-11-26-12-10-22/h3-8H,9-12H2,1-2H3,(H,21,23). The zero-order valence-corrected chi connectivity index (χ0v) is 15.5. The highest BCUT2D eigenvalue weighted by Gasteiger charge is 2.22. The summed E-state index contributed by atoms with van der Waals surface area (Å²) in [7, 11) is 3.04. The molecule has 138 valence electrons. The van der Waals surface area contributed by atoms with Crippen LogP contribution < -0.4 is 19.7 Å². The molecule has 1 N–H and O–H groups in total. The van der Waals surface area contributed by atoms with Crippen LogP contribution in [0.1, 0.15) is 10.4 Å². The van der Waals surface area contributed by atoms with Crippen molar-refractivity contribution in [2.24, 2.45) is 0 Å². The first-order chi connectivity index (χ1) is 12.7. The summed E-state index contributed by atoms with van der Waals surface area (Å²) in [5.41, 5.74) is 1.77. The third-order valence-corrected chi connectivity index (χ3v) is 4.52. The van der Waals surface area contributed by atoms with E-state index in [0.717, 1.165) is 5.69 Å². The predicted molar refractivity (Wildman–Crippen MR) is 102 cm³/mol. The molecule has 2 aromatic rings. The smallest absolute Gasteiger partial charge is 0.263 e. The van der Waals surface area contributed by atoms with E-state index in [9.17, 15) is 4.79 Å². The van der Waals surface area contributed by atoms with Gasteiger partial charge in [-0.05, 0) is 24.3 Å². The summed E-state index contributed by atoms with van der Waals surface area (Å²) in [5.74, 6) is 0.560. The van der Waals surface area contributed by atoms with Gasteiger partial charge in [-0.15, -0.1) is 0 Å². The second-order valence-electron chi connectivity index (χ2n) is 5.73. The summed E-state index contributed by atoms with van der Waals surface area (Å²) >= 11 is 6.43. The molecule has 1 aliphatic rings. The molecule has 0 saturated carbocycles. The van der Waals surface area contributed by atoms with Gasteiger partial charge in [0.25, 0.3) is 5.91 Å². The lowest BCUT2D eigenvalue weighted by molar-refractivity contribution is 0.102. The van der Waals surface area contributed by atoms with Crippen LogP contribution in [0.4, 0.5) is 11.4 Å². The van der Waals surface area contributed by atoms with E-state index in [-0.39, 0.29) is 5.91 Å². The third kappa shape index (κ3) is 3.71. The predicted octanol–water partition coefficient (Wildman–Crippen LogP) is 3.45. The number of morpholine rings is 1. The Morgan fingerprint density at radius 1 is 1.08 bits per heavy atom. The number of carbonyl (C=O) groups is 1. The highest BCUT2D eigenvalue weighted by molar-refractivity contribution is 6.34. The fraction of sp³-hybridized carbons (Fsp3) is 0.316. The van der Waals surface area contributed by atoms with E-state index in [1.165, 1.54) is 14.2 Å². The number of hydrogen-bond acceptors (Lipinski definition) is 5. The van der Waals surface area contributed by atoms with Crippen LogP contribution in [0.2, 0.25) is 5.02 Å². The minimum atomic E-state index is -0.323. The Hall–Kier alpha value is -2.44. The summed E-state index contributed by atoms with van der Waals surface area (Å²) in [4.78, 5) is 15.1. The van der Waals surface area contributed by atoms with E-state index in [1.54, 1.807) is 24.3 Å². The molecule has 0 radical (unpaired) electrons. The minimum Gasteiger partial charge on any atom is -0.496 e. The van der Waals surface area contributed by atoms with Crippen LogP contribution in [-0.4, -0.2) is 46.4 Å². The molecule has 0 atom stereocenters. The molecule has 26 heavy (non-hydrogen) atoms. The van der Waals surface area contributed by atoms with Gasteiger partial charge in [0.05, 0.1) is 43.8 Å². The SMILES string of the molecule is COc1cccc(OC)c1C(=O)Nc1cccc(Cl)c1N1CCOCC1. The minimum absolute atomic E-state index is 0.323. The molecule has 0 unspecified atom stereocenters. The number of nitrogens with one attached hydrogen (secondary N) is 1. The van der Waals surface area contributed by atoms with Crippen LogP contribution in [0.5, 0.6) is 11.5 Å². The number of para-hydroxylation sites is 1. The molecule has 1 amide bonds. The van der Waals surface area contributed by atoms with Crippen LogP contribution >= 0.6 is 11.6 Å². The van der Waals surface area contributed by atoms with Crippen molar-refractivity contribution in [2.45, 2.75) is 0 Å². The average Bonchev–Trinajstić information content (AvgIpc) is 2.68. The lowest BCUT2D eigenvalue weighted by Crippen LogP contribution is -2.37. The van der Waals surface area contributed by atoms with Crippen molar-refractivity contribution in [1.29, 1.82) is 0 Å². The number of halogens is 1. The number of methoxy groups -OCH3 is 2. The fourth-order valence-corrected chi connectivity index (χ4v) is 3.28. The zero-order valence-electron chi connectivity index (χ0n) is 14.8. The first-order valence-corrected chi connectivity index (χ1v) is 8.67. The maximum absolute atomic E-state index is 13.0. The molecular formula is C19H21ClN2O4. The van der Waals surface area contributed by atoms with Gasteiger partial charge in [0.2, 0.25) is 0 Å². The van der Waals surface area contributed by atoms with Crippen LogP contribution in [0.25, 0.3) is 0 Å². The molecule has 1 aliphatic heterocycles. The number of nitrogens with zero attached hydrogens (tertiary/aromatic N) is 1. The van der Waals surface area contributed by atoms with Crippen molar-refractivity contribution >= 4 is 28.9 Å². The molecule has 0 spiro atoms. The number of hydrogen-bond donors (Lipinski definition) is 1. The number of anilines is 2. The topological polar surface area (TPSA) is 60.0 Å². The molecule has 2 aromatic carbocycles. The van der Waals surface area contributed by atoms with Crippen LogP contribution in [0.15, 0.2) is 36.4 Å². The summed E-state index contributed by atoms with van der Waals surface area (Å²) in [5, 5.41) is 3.53. The monoisotopic (exact) mass is 376 g/mol. The number of benzene rings is 2. The van der Waals surface area contributed by atoms with Crippen molar-refractivity contribution in [3.05, 3.63) is 47.0 Å². The van der Waals surface area contributed by atoms with Gasteiger partial charge < -0.3 is 24.4 Å². The maximum atomic E-state index is 13.0. The van der Waals surface area contributed by atoms with Gasteiger partial charge in [0.15, 0.2) is 0 Å². The fourth-order valence-electron chi connectivity index (χ4n) is 2.98. The third-order valence-electron chi connectivity index (χ3n) is 4.22. The maximum Gasteiger partial charge on any atom is 0.263 e. The van der Waals surface area contributed by atoms with Gasteiger partial charge >= 0.3 is 0 Å². The van der Waals surface area contributed by atoms with E-state index < -0.39 is 0 Å². The molecule has 7 heteroatoms. The zero-order chi connectivity index (χ0) is 18.5. The van der Waals surface area contributed by atoms with Crippen molar-refractivity contribution < 1.29 is 19.0 Å². The quantitative estimate of drug-likeness (QED) is 0.866. The van der Waals surface area contributed by atoms with Crippen LogP contribution in [0, 0.1) is 0 Å². The highest BCUT2D eigenvalue weighted by Crippen LogP contribution is 2.36. The summed E-state index contributed by atoms with van der Waals surface area (Å²) < 4.78 is 16.1. The summed E-state index contributed by atoms with van der Waals surface area (Å²) in [6.45, 7) is 2.67. The Morgan fingerprint density at radius 3 is 2.31 bits per heavy atom. The Bertz CT molecular complexity index is 769. The molecule has 0 aromatic heterocycles. The molecule has 3 rings (SSSR count). The molecule has 0 aliphatic carbocycles. The molecular weight excluding hydrogens is 356 g/mol. The molecule has 1 fully saturated rings. The Morgan fingerprint density at radius 2 is 1.69 bits per heavy atom. The van der Waals surface area contributed by atoms with E-state index >= 15 is 0 Å². The molecule has 1 saturated heterocycles. The second-order valence-corrected chi connectivity index (χ2v) is 6.13. The normalized spacial score (nSPS) is 14.0. The van der Waals surface area contributed by atoms with E-state index in [2.05, 4.69) is 10.2 Å². The average molecular weight is 377 g/mol. The van der Waals surface area contributed by atoms with Gasteiger partial charge in [-0.1, -0.05) is 23.7 Å². The number of rotatable bonds is 5. The van der Waals surface area contributed by atoms with E-state index in [4.69, 9.17) is 25.8 Å². The van der Waals surface area contributed by atoms with Crippen LogP contribution in [0.3, 0.4) is 0 Å². The van der Waals surface area contributed by atoms with Crippen molar-refractivity contribution in [2.75, 3.05) is 50.7 Å². The lowest BCUT2D eigenvalue weighted by atomic mass is 10.1. The van der Waals surface area contributed by atoms with Gasteiger partial charge in [-0.3, -0.25) is 4.79 Å². The van der Waals surface area contributed by atoms with Gasteiger partial charge in [0.1, 0.15) is 17.1 Å². The van der Waals surface area contributed by atoms with Crippen molar-refractivity contribution in [3.8, 4) is 11.5 Å². The number of amides is 1. The largest absolute Gasteiger partial charge is 0.496 e. The van der Waals surface area contributed by atoms with Crippen LogP contribution in [-0.2, 0) is 4.74 Å². The van der Waals surface area contributed by atoms with Gasteiger partial charge in [0, 0.05) is 13.1 Å². The Labute approximate surface area is 157 Å². The van der Waals surface area contributed by atoms with Crippen molar-refractivity contribution in [1.82, 2.24) is 0 Å². The van der Waals surface area contributed by atoms with Crippen molar-refractivity contribution in [3.63, 3.8) is 0 Å². The lowest BCUT2D eigenvalue weighted by Gasteiger charge is -2.31.